The van der Waals surface area contributed by atoms with Crippen LogP contribution in [0, 0.1) is 17.1 Å². The third-order valence-electron chi connectivity index (χ3n) is 3.85. The fourth-order valence-electron chi connectivity index (χ4n) is 2.76. The van der Waals surface area contributed by atoms with Crippen LogP contribution in [0.4, 0.5) is 15.9 Å². The second-order valence-corrected chi connectivity index (χ2v) is 5.83. The van der Waals surface area contributed by atoms with Crippen LogP contribution in [0.1, 0.15) is 18.4 Å². The Balaban J connectivity index is 1.74. The predicted molar refractivity (Wildman–Crippen MR) is 87.0 cm³/mol. The zero-order chi connectivity index (χ0) is 16.2. The van der Waals surface area contributed by atoms with Crippen molar-refractivity contribution in [3.63, 3.8) is 0 Å². The Hall–Kier alpha value is -2.39. The van der Waals surface area contributed by atoms with Crippen molar-refractivity contribution in [2.75, 3.05) is 23.3 Å². The minimum atomic E-state index is -0.371. The summed E-state index contributed by atoms with van der Waals surface area (Å²) in [4.78, 5) is 9.97. The molecule has 0 amide bonds. The van der Waals surface area contributed by atoms with Gasteiger partial charge in [-0.05, 0) is 31.0 Å². The van der Waals surface area contributed by atoms with E-state index in [0.717, 1.165) is 19.4 Å². The fourth-order valence-corrected chi connectivity index (χ4v) is 2.92. The molecular weight excluding hydrogens is 317 g/mol. The van der Waals surface area contributed by atoms with E-state index in [9.17, 15) is 4.39 Å². The Labute approximate surface area is 138 Å². The highest BCUT2D eigenvalue weighted by Crippen LogP contribution is 2.26. The third-order valence-corrected chi connectivity index (χ3v) is 4.12. The Morgan fingerprint density at radius 3 is 3.04 bits per heavy atom. The number of rotatable bonds is 3. The lowest BCUT2D eigenvalue weighted by Crippen LogP contribution is -2.42. The van der Waals surface area contributed by atoms with Crippen molar-refractivity contribution in [3.05, 3.63) is 47.1 Å². The number of nitrogens with zero attached hydrogens (tertiary/aromatic N) is 4. The maximum atomic E-state index is 14.2. The Bertz CT molecular complexity index is 745. The molecule has 0 saturated carbocycles. The lowest BCUT2D eigenvalue weighted by atomic mass is 10.0. The molecule has 1 unspecified atom stereocenters. The molecule has 3 rings (SSSR count). The highest BCUT2D eigenvalue weighted by Gasteiger charge is 2.23. The molecule has 1 N–H and O–H groups in total. The number of piperidine rings is 1. The van der Waals surface area contributed by atoms with E-state index in [0.29, 0.717) is 28.6 Å². The van der Waals surface area contributed by atoms with E-state index < -0.39 is 0 Å². The molecule has 0 bridgehead atoms. The van der Waals surface area contributed by atoms with Crippen LogP contribution in [0.15, 0.2) is 30.7 Å². The normalized spacial score (nSPS) is 17.6. The van der Waals surface area contributed by atoms with Crippen LogP contribution in [-0.4, -0.2) is 29.1 Å². The molecule has 1 saturated heterocycles. The Morgan fingerprint density at radius 1 is 1.43 bits per heavy atom. The fraction of sp³-hybridized carbons (Fsp3) is 0.312. The first kappa shape index (κ1) is 15.5. The average molecular weight is 332 g/mol. The summed E-state index contributed by atoms with van der Waals surface area (Å²) < 4.78 is 14.2. The van der Waals surface area contributed by atoms with Crippen molar-refractivity contribution in [1.82, 2.24) is 9.97 Å². The summed E-state index contributed by atoms with van der Waals surface area (Å²) in [6, 6.07) is 6.63. The molecule has 1 aliphatic rings. The van der Waals surface area contributed by atoms with E-state index in [1.165, 1.54) is 18.6 Å². The second kappa shape index (κ2) is 6.80. The van der Waals surface area contributed by atoms with Gasteiger partial charge in [0.15, 0.2) is 0 Å². The smallest absolute Gasteiger partial charge is 0.148 e. The van der Waals surface area contributed by atoms with Gasteiger partial charge in [0.05, 0.1) is 23.5 Å². The first-order chi connectivity index (χ1) is 11.2. The topological polar surface area (TPSA) is 64.8 Å². The van der Waals surface area contributed by atoms with Crippen molar-refractivity contribution < 1.29 is 4.39 Å². The van der Waals surface area contributed by atoms with E-state index in [2.05, 4.69) is 15.3 Å². The van der Waals surface area contributed by atoms with Crippen LogP contribution in [0.5, 0.6) is 0 Å². The van der Waals surface area contributed by atoms with Gasteiger partial charge in [0.1, 0.15) is 23.0 Å². The van der Waals surface area contributed by atoms with Gasteiger partial charge in [-0.15, -0.1) is 0 Å². The molecule has 0 radical (unpaired) electrons. The summed E-state index contributed by atoms with van der Waals surface area (Å²) >= 11 is 6.06. The van der Waals surface area contributed by atoms with Crippen molar-refractivity contribution in [1.29, 1.82) is 5.26 Å². The predicted octanol–water partition coefficient (Wildman–Crippen LogP) is 3.22. The van der Waals surface area contributed by atoms with Gasteiger partial charge >= 0.3 is 0 Å². The Kier molecular flexibility index (Phi) is 4.58. The molecular formula is C16H15ClFN5. The molecule has 5 nitrogen and oxygen atoms in total. The first-order valence-electron chi connectivity index (χ1n) is 7.34. The number of anilines is 2. The van der Waals surface area contributed by atoms with Gasteiger partial charge in [0, 0.05) is 19.1 Å². The van der Waals surface area contributed by atoms with Crippen LogP contribution in [0.2, 0.25) is 5.02 Å². The molecule has 0 spiro atoms. The molecule has 1 aromatic heterocycles. The molecule has 23 heavy (non-hydrogen) atoms. The quantitative estimate of drug-likeness (QED) is 0.935. The molecule has 118 valence electrons. The van der Waals surface area contributed by atoms with E-state index in [-0.39, 0.29) is 11.9 Å². The maximum Gasteiger partial charge on any atom is 0.148 e. The number of aromatic nitrogens is 2. The minimum Gasteiger partial charge on any atom is -0.367 e. The van der Waals surface area contributed by atoms with Gasteiger partial charge in [0.25, 0.3) is 0 Å². The van der Waals surface area contributed by atoms with E-state index in [1.807, 2.05) is 11.0 Å². The number of hydrogen-bond donors (Lipinski definition) is 1. The largest absolute Gasteiger partial charge is 0.367 e. The third kappa shape index (κ3) is 3.51. The molecule has 1 aromatic carbocycles. The Morgan fingerprint density at radius 2 is 2.30 bits per heavy atom. The molecule has 2 heterocycles. The van der Waals surface area contributed by atoms with Gasteiger partial charge in [-0.25, -0.2) is 14.4 Å². The van der Waals surface area contributed by atoms with Crippen LogP contribution < -0.4 is 10.2 Å². The summed E-state index contributed by atoms with van der Waals surface area (Å²) in [5, 5.41) is 12.6. The van der Waals surface area contributed by atoms with Gasteiger partial charge < -0.3 is 10.2 Å². The summed E-state index contributed by atoms with van der Waals surface area (Å²) in [7, 11) is 0. The van der Waals surface area contributed by atoms with Crippen molar-refractivity contribution >= 4 is 23.1 Å². The number of nitrogens with one attached hydrogen (secondary N) is 1. The summed E-state index contributed by atoms with van der Waals surface area (Å²) in [5.41, 5.74) is 0.843. The first-order valence-corrected chi connectivity index (χ1v) is 7.72. The summed E-state index contributed by atoms with van der Waals surface area (Å²) in [5.74, 6) is 0.221. The number of halogens is 2. The summed E-state index contributed by atoms with van der Waals surface area (Å²) in [6.07, 6.45) is 4.86. The van der Waals surface area contributed by atoms with Crippen LogP contribution in [-0.2, 0) is 0 Å². The van der Waals surface area contributed by atoms with Crippen molar-refractivity contribution in [3.8, 4) is 6.07 Å². The van der Waals surface area contributed by atoms with E-state index in [4.69, 9.17) is 16.9 Å². The SMILES string of the molecule is N#Cc1ccc(N2CCCC(Nc3ncncc3Cl)C2)c(F)c1. The molecule has 0 aliphatic carbocycles. The standard InChI is InChI=1S/C16H15ClFN5/c17-13-8-20-10-21-16(13)22-12-2-1-5-23(9-12)15-4-3-11(7-19)6-14(15)18/h3-4,6,8,10,12H,1-2,5,9H2,(H,20,21,22). The van der Waals surface area contributed by atoms with Crippen molar-refractivity contribution in [2.45, 2.75) is 18.9 Å². The molecule has 1 aliphatic heterocycles. The minimum absolute atomic E-state index is 0.117. The number of hydrogen-bond acceptors (Lipinski definition) is 5. The number of nitriles is 1. The second-order valence-electron chi connectivity index (χ2n) is 5.43. The highest BCUT2D eigenvalue weighted by atomic mass is 35.5. The summed E-state index contributed by atoms with van der Waals surface area (Å²) in [6.45, 7) is 1.42. The maximum absolute atomic E-state index is 14.2. The zero-order valence-electron chi connectivity index (χ0n) is 12.3. The molecule has 1 atom stereocenters. The lowest BCUT2D eigenvalue weighted by molar-refractivity contribution is 0.518. The van der Waals surface area contributed by atoms with Gasteiger partial charge in [-0.1, -0.05) is 11.6 Å². The molecule has 2 aromatic rings. The van der Waals surface area contributed by atoms with Gasteiger partial charge in [0.2, 0.25) is 0 Å². The van der Waals surface area contributed by atoms with Gasteiger partial charge in [-0.2, -0.15) is 5.26 Å². The average Bonchev–Trinajstić information content (AvgIpc) is 2.57. The lowest BCUT2D eigenvalue weighted by Gasteiger charge is -2.35. The van der Waals surface area contributed by atoms with E-state index in [1.54, 1.807) is 12.1 Å². The monoisotopic (exact) mass is 331 g/mol. The molecule has 7 heteroatoms. The van der Waals surface area contributed by atoms with Crippen molar-refractivity contribution in [2.24, 2.45) is 0 Å². The highest BCUT2D eigenvalue weighted by molar-refractivity contribution is 6.32. The van der Waals surface area contributed by atoms with E-state index >= 15 is 0 Å². The van der Waals surface area contributed by atoms with Crippen LogP contribution >= 0.6 is 11.6 Å². The van der Waals surface area contributed by atoms with Crippen LogP contribution in [0.3, 0.4) is 0 Å². The van der Waals surface area contributed by atoms with Crippen LogP contribution in [0.25, 0.3) is 0 Å². The van der Waals surface area contributed by atoms with Gasteiger partial charge in [-0.3, -0.25) is 0 Å². The molecule has 1 fully saturated rings. The zero-order valence-corrected chi connectivity index (χ0v) is 13.1. The number of benzene rings is 1.